The second-order valence-electron chi connectivity index (χ2n) is 8.59. The second kappa shape index (κ2) is 11.0. The molecule has 0 atom stereocenters. The quantitative estimate of drug-likeness (QED) is 0.248. The van der Waals surface area contributed by atoms with E-state index in [1.54, 1.807) is 36.9 Å². The van der Waals surface area contributed by atoms with Gasteiger partial charge in [-0.15, -0.1) is 11.8 Å². The van der Waals surface area contributed by atoms with Crippen LogP contribution in [0.1, 0.15) is 32.6 Å². The number of hydrogen-bond donors (Lipinski definition) is 2. The summed E-state index contributed by atoms with van der Waals surface area (Å²) >= 11 is 1.75. The molecule has 4 aromatic rings. The normalized spacial score (nSPS) is 11.2. The maximum atomic E-state index is 13.2. The molecule has 0 aliphatic heterocycles. The standard InChI is InChI=1S/C29H28N2O3S2/c1-20-8-7-11-27(22(20)3)31-36(33,34)28-18-24(15-12-21(28)2)29(32)30-25-16-13-23(14-17-25)19-35-26-9-5-4-6-10-26/h4-18,31H,19H2,1-3H3,(H,30,32). The highest BCUT2D eigenvalue weighted by molar-refractivity contribution is 7.98. The first kappa shape index (κ1) is 25.5. The summed E-state index contributed by atoms with van der Waals surface area (Å²) in [6.07, 6.45) is 0. The van der Waals surface area contributed by atoms with Gasteiger partial charge in [0.2, 0.25) is 0 Å². The van der Waals surface area contributed by atoms with Crippen molar-refractivity contribution in [2.75, 3.05) is 10.0 Å². The van der Waals surface area contributed by atoms with Crippen molar-refractivity contribution in [1.82, 2.24) is 0 Å². The molecule has 1 amide bonds. The third kappa shape index (κ3) is 6.17. The molecule has 7 heteroatoms. The van der Waals surface area contributed by atoms with Crippen LogP contribution in [0.2, 0.25) is 0 Å². The summed E-state index contributed by atoms with van der Waals surface area (Å²) in [5, 5.41) is 2.86. The molecule has 4 aromatic carbocycles. The Labute approximate surface area is 217 Å². The van der Waals surface area contributed by atoms with Crippen LogP contribution in [0.3, 0.4) is 0 Å². The molecule has 0 saturated heterocycles. The van der Waals surface area contributed by atoms with E-state index in [0.717, 1.165) is 22.4 Å². The molecule has 0 unspecified atom stereocenters. The molecule has 36 heavy (non-hydrogen) atoms. The monoisotopic (exact) mass is 516 g/mol. The number of benzene rings is 4. The summed E-state index contributed by atoms with van der Waals surface area (Å²) in [6, 6.07) is 28.0. The van der Waals surface area contributed by atoms with Crippen LogP contribution in [-0.4, -0.2) is 14.3 Å². The largest absolute Gasteiger partial charge is 0.322 e. The summed E-state index contributed by atoms with van der Waals surface area (Å²) in [4.78, 5) is 14.2. The van der Waals surface area contributed by atoms with E-state index in [1.165, 1.54) is 11.0 Å². The molecule has 0 radical (unpaired) electrons. The van der Waals surface area contributed by atoms with Gasteiger partial charge in [0.25, 0.3) is 15.9 Å². The zero-order valence-electron chi connectivity index (χ0n) is 20.4. The highest BCUT2D eigenvalue weighted by Crippen LogP contribution is 2.26. The van der Waals surface area contributed by atoms with E-state index in [1.807, 2.05) is 68.4 Å². The van der Waals surface area contributed by atoms with Gasteiger partial charge in [0, 0.05) is 21.9 Å². The molecule has 0 saturated carbocycles. The fourth-order valence-electron chi connectivity index (χ4n) is 3.66. The Morgan fingerprint density at radius 1 is 0.806 bits per heavy atom. The number of aryl methyl sites for hydroxylation is 2. The summed E-state index contributed by atoms with van der Waals surface area (Å²) in [5.74, 6) is 0.453. The Morgan fingerprint density at radius 2 is 1.53 bits per heavy atom. The topological polar surface area (TPSA) is 75.3 Å². The van der Waals surface area contributed by atoms with Gasteiger partial charge in [0.15, 0.2) is 0 Å². The minimum absolute atomic E-state index is 0.0735. The third-order valence-corrected chi connectivity index (χ3v) is 8.54. The Hall–Kier alpha value is -3.55. The molecule has 0 spiro atoms. The summed E-state index contributed by atoms with van der Waals surface area (Å²) in [5.41, 5.74) is 4.99. The smallest absolute Gasteiger partial charge is 0.262 e. The maximum absolute atomic E-state index is 13.2. The van der Waals surface area contributed by atoms with Crippen LogP contribution in [0.5, 0.6) is 0 Å². The molecule has 2 N–H and O–H groups in total. The number of amides is 1. The highest BCUT2D eigenvalue weighted by atomic mass is 32.2. The fourth-order valence-corrected chi connectivity index (χ4v) is 5.93. The van der Waals surface area contributed by atoms with Crippen LogP contribution < -0.4 is 10.0 Å². The van der Waals surface area contributed by atoms with E-state index in [2.05, 4.69) is 22.2 Å². The Balaban J connectivity index is 1.46. The molecule has 0 bridgehead atoms. The highest BCUT2D eigenvalue weighted by Gasteiger charge is 2.20. The zero-order valence-corrected chi connectivity index (χ0v) is 22.0. The average molecular weight is 517 g/mol. The van der Waals surface area contributed by atoms with E-state index < -0.39 is 10.0 Å². The minimum atomic E-state index is -3.88. The third-order valence-electron chi connectivity index (χ3n) is 5.95. The lowest BCUT2D eigenvalue weighted by atomic mass is 10.1. The molecule has 0 aliphatic rings. The van der Waals surface area contributed by atoms with Crippen molar-refractivity contribution in [2.45, 2.75) is 36.3 Å². The van der Waals surface area contributed by atoms with Crippen molar-refractivity contribution in [2.24, 2.45) is 0 Å². The van der Waals surface area contributed by atoms with Gasteiger partial charge in [-0.25, -0.2) is 8.42 Å². The number of thioether (sulfide) groups is 1. The summed E-state index contributed by atoms with van der Waals surface area (Å²) in [6.45, 7) is 5.51. The maximum Gasteiger partial charge on any atom is 0.262 e. The first-order valence-electron chi connectivity index (χ1n) is 11.5. The molecular formula is C29H28N2O3S2. The molecule has 5 nitrogen and oxygen atoms in total. The molecule has 0 aliphatic carbocycles. The van der Waals surface area contributed by atoms with Crippen LogP contribution in [0.4, 0.5) is 11.4 Å². The number of rotatable bonds is 8. The van der Waals surface area contributed by atoms with Crippen molar-refractivity contribution >= 4 is 39.1 Å². The summed E-state index contributed by atoms with van der Waals surface area (Å²) < 4.78 is 29.0. The van der Waals surface area contributed by atoms with E-state index in [0.29, 0.717) is 16.9 Å². The van der Waals surface area contributed by atoms with Crippen LogP contribution >= 0.6 is 11.8 Å². The van der Waals surface area contributed by atoms with Crippen molar-refractivity contribution in [3.05, 3.63) is 119 Å². The lowest BCUT2D eigenvalue weighted by Crippen LogP contribution is -2.17. The second-order valence-corrected chi connectivity index (χ2v) is 11.3. The van der Waals surface area contributed by atoms with E-state index in [9.17, 15) is 13.2 Å². The van der Waals surface area contributed by atoms with Crippen molar-refractivity contribution in [3.8, 4) is 0 Å². The summed E-state index contributed by atoms with van der Waals surface area (Å²) in [7, 11) is -3.88. The van der Waals surface area contributed by atoms with Gasteiger partial charge in [0.05, 0.1) is 10.6 Å². The molecule has 0 fully saturated rings. The Bertz CT molecular complexity index is 1480. The SMILES string of the molecule is Cc1ccc(C(=O)Nc2ccc(CSc3ccccc3)cc2)cc1S(=O)(=O)Nc1cccc(C)c1C. The first-order chi connectivity index (χ1) is 17.2. The Kier molecular flexibility index (Phi) is 7.82. The fraction of sp³-hybridized carbons (Fsp3) is 0.138. The number of anilines is 2. The number of hydrogen-bond acceptors (Lipinski definition) is 4. The molecular weight excluding hydrogens is 488 g/mol. The predicted octanol–water partition coefficient (Wildman–Crippen LogP) is 6.96. The lowest BCUT2D eigenvalue weighted by Gasteiger charge is -2.14. The van der Waals surface area contributed by atoms with Crippen LogP contribution in [0.25, 0.3) is 0 Å². The van der Waals surface area contributed by atoms with E-state index in [4.69, 9.17) is 0 Å². The lowest BCUT2D eigenvalue weighted by molar-refractivity contribution is 0.102. The van der Waals surface area contributed by atoms with Gasteiger partial charge >= 0.3 is 0 Å². The van der Waals surface area contributed by atoms with Crippen molar-refractivity contribution in [1.29, 1.82) is 0 Å². The Morgan fingerprint density at radius 3 is 2.25 bits per heavy atom. The predicted molar refractivity (Wildman–Crippen MR) is 148 cm³/mol. The van der Waals surface area contributed by atoms with Crippen LogP contribution in [-0.2, 0) is 15.8 Å². The van der Waals surface area contributed by atoms with Gasteiger partial charge < -0.3 is 5.32 Å². The zero-order chi connectivity index (χ0) is 25.7. The van der Waals surface area contributed by atoms with E-state index in [-0.39, 0.29) is 16.4 Å². The van der Waals surface area contributed by atoms with Crippen molar-refractivity contribution in [3.63, 3.8) is 0 Å². The number of carbonyl (C=O) groups is 1. The van der Waals surface area contributed by atoms with Gasteiger partial charge in [-0.1, -0.05) is 48.5 Å². The van der Waals surface area contributed by atoms with Gasteiger partial charge in [-0.05, 0) is 85.5 Å². The molecule has 4 rings (SSSR count). The van der Waals surface area contributed by atoms with Gasteiger partial charge in [0.1, 0.15) is 0 Å². The molecule has 184 valence electrons. The van der Waals surface area contributed by atoms with Gasteiger partial charge in [-0.3, -0.25) is 9.52 Å². The van der Waals surface area contributed by atoms with E-state index >= 15 is 0 Å². The van der Waals surface area contributed by atoms with Crippen LogP contribution in [0, 0.1) is 20.8 Å². The molecule has 0 heterocycles. The average Bonchev–Trinajstić information content (AvgIpc) is 2.87. The molecule has 0 aromatic heterocycles. The van der Waals surface area contributed by atoms with Crippen molar-refractivity contribution < 1.29 is 13.2 Å². The minimum Gasteiger partial charge on any atom is -0.322 e. The van der Waals surface area contributed by atoms with Gasteiger partial charge in [-0.2, -0.15) is 0 Å². The number of sulfonamides is 1. The number of carbonyl (C=O) groups excluding carboxylic acids is 1. The number of nitrogens with one attached hydrogen (secondary N) is 2. The van der Waals surface area contributed by atoms with Crippen LogP contribution in [0.15, 0.2) is 101 Å². The first-order valence-corrected chi connectivity index (χ1v) is 14.0.